The molecule has 1 saturated carbocycles. The first-order valence-electron chi connectivity index (χ1n) is 11.1. The van der Waals surface area contributed by atoms with E-state index in [-0.39, 0.29) is 0 Å². The van der Waals surface area contributed by atoms with E-state index in [1.165, 1.54) is 50.8 Å². The minimum atomic E-state index is 0.368. The molecule has 1 aliphatic carbocycles. The van der Waals surface area contributed by atoms with E-state index in [1.807, 2.05) is 7.05 Å². The highest BCUT2D eigenvalue weighted by Gasteiger charge is 2.33. The Kier molecular flexibility index (Phi) is 8.13. The Hall–Kier alpha value is -1.63. The molecule has 1 aliphatic heterocycles. The number of aliphatic imine (C=N–C) groups is 1. The SMILES string of the molecule is CN=C(NCCCc1nnc2n1CCCCC2)NCC1(CCOC)CCCC1. The third kappa shape index (κ3) is 5.69. The van der Waals surface area contributed by atoms with Crippen LogP contribution in [0.4, 0.5) is 0 Å². The third-order valence-corrected chi connectivity index (χ3v) is 6.41. The van der Waals surface area contributed by atoms with Crippen LogP contribution in [0.2, 0.25) is 0 Å². The quantitative estimate of drug-likeness (QED) is 0.385. The fraction of sp³-hybridized carbons (Fsp3) is 0.857. The Morgan fingerprint density at radius 1 is 1.14 bits per heavy atom. The van der Waals surface area contributed by atoms with E-state index >= 15 is 0 Å². The summed E-state index contributed by atoms with van der Waals surface area (Å²) in [5.74, 6) is 3.23. The lowest BCUT2D eigenvalue weighted by Gasteiger charge is -2.30. The summed E-state index contributed by atoms with van der Waals surface area (Å²) < 4.78 is 7.68. The molecule has 1 aromatic heterocycles. The summed E-state index contributed by atoms with van der Waals surface area (Å²) in [6.45, 7) is 3.80. The van der Waals surface area contributed by atoms with Crippen molar-refractivity contribution in [3.63, 3.8) is 0 Å². The normalized spacial score (nSPS) is 19.3. The zero-order valence-corrected chi connectivity index (χ0v) is 17.8. The number of hydrogen-bond donors (Lipinski definition) is 2. The molecule has 0 spiro atoms. The van der Waals surface area contributed by atoms with Gasteiger partial charge in [-0.3, -0.25) is 4.99 Å². The monoisotopic (exact) mass is 390 g/mol. The highest BCUT2D eigenvalue weighted by Crippen LogP contribution is 2.40. The molecule has 2 aliphatic rings. The van der Waals surface area contributed by atoms with Gasteiger partial charge in [-0.2, -0.15) is 0 Å². The molecule has 3 rings (SSSR count). The lowest BCUT2D eigenvalue weighted by atomic mass is 9.83. The zero-order chi connectivity index (χ0) is 19.7. The van der Waals surface area contributed by atoms with Crippen LogP contribution in [0.3, 0.4) is 0 Å². The van der Waals surface area contributed by atoms with Crippen LogP contribution < -0.4 is 10.6 Å². The molecule has 0 saturated heterocycles. The van der Waals surface area contributed by atoms with Crippen LogP contribution in [0.5, 0.6) is 0 Å². The summed E-state index contributed by atoms with van der Waals surface area (Å²) in [6, 6.07) is 0. The van der Waals surface area contributed by atoms with E-state index in [0.29, 0.717) is 5.41 Å². The van der Waals surface area contributed by atoms with Crippen LogP contribution >= 0.6 is 0 Å². The summed E-state index contributed by atoms with van der Waals surface area (Å²) in [5.41, 5.74) is 0.368. The van der Waals surface area contributed by atoms with E-state index < -0.39 is 0 Å². The van der Waals surface area contributed by atoms with Crippen molar-refractivity contribution in [2.45, 2.75) is 77.2 Å². The van der Waals surface area contributed by atoms with E-state index in [4.69, 9.17) is 4.74 Å². The standard InChI is InChI=1S/C21H38N6O/c1-22-20(24-17-21(13-16-28-2)11-5-6-12-21)23-14-8-10-19-26-25-18-9-4-3-7-15-27(18)19/h3-17H2,1-2H3,(H2,22,23,24). The zero-order valence-electron chi connectivity index (χ0n) is 17.8. The van der Waals surface area contributed by atoms with Gasteiger partial charge in [0.05, 0.1) is 0 Å². The molecule has 7 nitrogen and oxygen atoms in total. The van der Waals surface area contributed by atoms with Crippen molar-refractivity contribution in [3.8, 4) is 0 Å². The number of ether oxygens (including phenoxy) is 1. The third-order valence-electron chi connectivity index (χ3n) is 6.41. The molecule has 0 radical (unpaired) electrons. The first kappa shape index (κ1) is 21.1. The molecule has 158 valence electrons. The molecule has 0 aromatic carbocycles. The highest BCUT2D eigenvalue weighted by molar-refractivity contribution is 5.79. The highest BCUT2D eigenvalue weighted by atomic mass is 16.5. The number of rotatable bonds is 9. The number of fused-ring (bicyclic) bond motifs is 1. The smallest absolute Gasteiger partial charge is 0.190 e. The molecule has 0 unspecified atom stereocenters. The molecule has 0 atom stereocenters. The van der Waals surface area contributed by atoms with Gasteiger partial charge in [0.1, 0.15) is 11.6 Å². The lowest BCUT2D eigenvalue weighted by molar-refractivity contribution is 0.138. The molecule has 1 aromatic rings. The Bertz CT molecular complexity index is 620. The van der Waals surface area contributed by atoms with Crippen LogP contribution in [0.1, 0.15) is 69.4 Å². The van der Waals surface area contributed by atoms with E-state index in [1.54, 1.807) is 7.11 Å². The summed E-state index contributed by atoms with van der Waals surface area (Å²) in [4.78, 5) is 4.41. The van der Waals surface area contributed by atoms with Gasteiger partial charge in [-0.05, 0) is 43.9 Å². The van der Waals surface area contributed by atoms with E-state index in [0.717, 1.165) is 63.7 Å². The fourth-order valence-electron chi connectivity index (χ4n) is 4.63. The maximum atomic E-state index is 5.34. The molecule has 28 heavy (non-hydrogen) atoms. The Labute approximate surface area is 169 Å². The summed E-state index contributed by atoms with van der Waals surface area (Å²) >= 11 is 0. The number of methoxy groups -OCH3 is 1. The minimum absolute atomic E-state index is 0.368. The molecule has 0 bridgehead atoms. The van der Waals surface area contributed by atoms with Gasteiger partial charge < -0.3 is 19.9 Å². The van der Waals surface area contributed by atoms with Crippen LogP contribution in [0, 0.1) is 5.41 Å². The van der Waals surface area contributed by atoms with Gasteiger partial charge in [-0.15, -0.1) is 10.2 Å². The maximum Gasteiger partial charge on any atom is 0.190 e. The second-order valence-corrected chi connectivity index (χ2v) is 8.40. The predicted octanol–water partition coefficient (Wildman–Crippen LogP) is 2.70. The molecule has 2 heterocycles. The Morgan fingerprint density at radius 2 is 2.00 bits per heavy atom. The van der Waals surface area contributed by atoms with Gasteiger partial charge in [-0.25, -0.2) is 0 Å². The largest absolute Gasteiger partial charge is 0.385 e. The van der Waals surface area contributed by atoms with Crippen LogP contribution in [-0.4, -0.2) is 54.6 Å². The minimum Gasteiger partial charge on any atom is -0.385 e. The number of nitrogens with one attached hydrogen (secondary N) is 2. The molecular weight excluding hydrogens is 352 g/mol. The van der Waals surface area contributed by atoms with Gasteiger partial charge >= 0.3 is 0 Å². The number of aryl methyl sites for hydroxylation is 2. The second kappa shape index (κ2) is 10.8. The van der Waals surface area contributed by atoms with Gasteiger partial charge in [0, 0.05) is 53.2 Å². The van der Waals surface area contributed by atoms with Crippen molar-refractivity contribution in [2.24, 2.45) is 10.4 Å². The summed E-state index contributed by atoms with van der Waals surface area (Å²) in [5, 5.41) is 15.9. The summed E-state index contributed by atoms with van der Waals surface area (Å²) in [7, 11) is 3.65. The average molecular weight is 391 g/mol. The van der Waals surface area contributed by atoms with E-state index in [9.17, 15) is 0 Å². The van der Waals surface area contributed by atoms with Gasteiger partial charge in [-0.1, -0.05) is 19.3 Å². The van der Waals surface area contributed by atoms with Gasteiger partial charge in [0.25, 0.3) is 0 Å². The van der Waals surface area contributed by atoms with Gasteiger partial charge in [0.15, 0.2) is 5.96 Å². The number of guanidine groups is 1. The first-order chi connectivity index (χ1) is 13.8. The van der Waals surface area contributed by atoms with Crippen LogP contribution in [0.15, 0.2) is 4.99 Å². The fourth-order valence-corrected chi connectivity index (χ4v) is 4.63. The molecule has 7 heteroatoms. The predicted molar refractivity (Wildman–Crippen MR) is 113 cm³/mol. The number of aromatic nitrogens is 3. The molecule has 0 amide bonds. The molecular formula is C21H38N6O. The maximum absolute atomic E-state index is 5.34. The van der Waals surface area contributed by atoms with Crippen molar-refractivity contribution >= 4 is 5.96 Å². The molecule has 2 N–H and O–H groups in total. The van der Waals surface area contributed by atoms with Crippen molar-refractivity contribution in [1.82, 2.24) is 25.4 Å². The second-order valence-electron chi connectivity index (χ2n) is 8.40. The number of nitrogens with zero attached hydrogens (tertiary/aromatic N) is 4. The summed E-state index contributed by atoms with van der Waals surface area (Å²) in [6.07, 6.45) is 13.3. The van der Waals surface area contributed by atoms with Crippen LogP contribution in [0.25, 0.3) is 0 Å². The van der Waals surface area contributed by atoms with Crippen molar-refractivity contribution < 1.29 is 4.74 Å². The average Bonchev–Trinajstić information content (AvgIpc) is 3.27. The Morgan fingerprint density at radius 3 is 2.79 bits per heavy atom. The number of hydrogen-bond acceptors (Lipinski definition) is 4. The van der Waals surface area contributed by atoms with Crippen molar-refractivity contribution in [2.75, 3.05) is 33.9 Å². The topological polar surface area (TPSA) is 76.4 Å². The van der Waals surface area contributed by atoms with Crippen LogP contribution in [-0.2, 0) is 24.1 Å². The first-order valence-corrected chi connectivity index (χ1v) is 11.1. The molecule has 1 fully saturated rings. The van der Waals surface area contributed by atoms with Gasteiger partial charge in [0.2, 0.25) is 0 Å². The van der Waals surface area contributed by atoms with E-state index in [2.05, 4.69) is 30.4 Å². The van der Waals surface area contributed by atoms with Crippen molar-refractivity contribution in [1.29, 1.82) is 0 Å². The lowest BCUT2D eigenvalue weighted by Crippen LogP contribution is -2.43. The van der Waals surface area contributed by atoms with Crippen molar-refractivity contribution in [3.05, 3.63) is 11.6 Å². The Balaban J connectivity index is 1.40.